The zero-order valence-corrected chi connectivity index (χ0v) is 9.12. The Bertz CT molecular complexity index is 460. The lowest BCUT2D eigenvalue weighted by Gasteiger charge is -1.99. The van der Waals surface area contributed by atoms with Gasteiger partial charge in [-0.25, -0.2) is 4.98 Å². The Kier molecular flexibility index (Phi) is 2.73. The second-order valence-electron chi connectivity index (χ2n) is 4.09. The Morgan fingerprint density at radius 3 is 3.00 bits per heavy atom. The van der Waals surface area contributed by atoms with Crippen LogP contribution in [0.15, 0.2) is 18.2 Å². The maximum absolute atomic E-state index is 9.19. The van der Waals surface area contributed by atoms with Crippen molar-refractivity contribution in [3.05, 3.63) is 29.6 Å². The Morgan fingerprint density at radius 2 is 2.27 bits per heavy atom. The fourth-order valence-electron chi connectivity index (χ4n) is 1.64. The minimum absolute atomic E-state index is 0.264. The lowest BCUT2D eigenvalue weighted by molar-refractivity contribution is 0.184. The SMILES string of the molecule is Cc1ccc2nc(CCC(C)O)[nH]c2c1. The highest BCUT2D eigenvalue weighted by molar-refractivity contribution is 5.75. The molecule has 1 heterocycles. The van der Waals surface area contributed by atoms with E-state index in [0.717, 1.165) is 29.7 Å². The van der Waals surface area contributed by atoms with Gasteiger partial charge in [0.1, 0.15) is 5.82 Å². The number of fused-ring (bicyclic) bond motifs is 1. The summed E-state index contributed by atoms with van der Waals surface area (Å²) in [5, 5.41) is 9.19. The number of nitrogens with one attached hydrogen (secondary N) is 1. The molecular formula is C12H16N2O. The average molecular weight is 204 g/mol. The first-order valence-electron chi connectivity index (χ1n) is 5.28. The fraction of sp³-hybridized carbons (Fsp3) is 0.417. The van der Waals surface area contributed by atoms with Gasteiger partial charge in [0, 0.05) is 6.42 Å². The van der Waals surface area contributed by atoms with Crippen molar-refractivity contribution in [1.82, 2.24) is 9.97 Å². The number of hydrogen-bond acceptors (Lipinski definition) is 2. The van der Waals surface area contributed by atoms with Crippen LogP contribution < -0.4 is 0 Å². The molecule has 1 aromatic heterocycles. The number of H-pyrrole nitrogens is 1. The van der Waals surface area contributed by atoms with Gasteiger partial charge in [0.05, 0.1) is 17.1 Å². The van der Waals surface area contributed by atoms with Crippen LogP contribution in [0.25, 0.3) is 11.0 Å². The monoisotopic (exact) mass is 204 g/mol. The first-order valence-corrected chi connectivity index (χ1v) is 5.28. The minimum Gasteiger partial charge on any atom is -0.393 e. The number of aliphatic hydroxyl groups is 1. The predicted molar refractivity (Wildman–Crippen MR) is 60.8 cm³/mol. The quantitative estimate of drug-likeness (QED) is 0.805. The molecule has 1 atom stereocenters. The Balaban J connectivity index is 2.23. The molecule has 2 N–H and O–H groups in total. The molecule has 0 amide bonds. The molecule has 0 saturated carbocycles. The van der Waals surface area contributed by atoms with E-state index in [2.05, 4.69) is 29.0 Å². The summed E-state index contributed by atoms with van der Waals surface area (Å²) >= 11 is 0. The molecule has 1 unspecified atom stereocenters. The van der Waals surface area contributed by atoms with Crippen molar-refractivity contribution in [3.8, 4) is 0 Å². The van der Waals surface area contributed by atoms with Crippen molar-refractivity contribution >= 4 is 11.0 Å². The van der Waals surface area contributed by atoms with E-state index in [-0.39, 0.29) is 6.10 Å². The standard InChI is InChI=1S/C12H16N2O/c1-8-3-5-10-11(7-8)14-12(13-10)6-4-9(2)15/h3,5,7,9,15H,4,6H2,1-2H3,(H,13,14). The van der Waals surface area contributed by atoms with E-state index < -0.39 is 0 Å². The number of aromatic nitrogens is 2. The topological polar surface area (TPSA) is 48.9 Å². The van der Waals surface area contributed by atoms with Gasteiger partial charge in [-0.3, -0.25) is 0 Å². The molecule has 2 aromatic rings. The van der Waals surface area contributed by atoms with Crippen molar-refractivity contribution in [3.63, 3.8) is 0 Å². The molecule has 80 valence electrons. The first-order chi connectivity index (χ1) is 7.15. The van der Waals surface area contributed by atoms with Crippen molar-refractivity contribution in [2.45, 2.75) is 32.8 Å². The largest absolute Gasteiger partial charge is 0.393 e. The molecule has 0 fully saturated rings. The Labute approximate surface area is 89.2 Å². The van der Waals surface area contributed by atoms with Crippen LogP contribution in [0.5, 0.6) is 0 Å². The van der Waals surface area contributed by atoms with Crippen molar-refractivity contribution in [2.24, 2.45) is 0 Å². The molecule has 2 rings (SSSR count). The number of rotatable bonds is 3. The highest BCUT2D eigenvalue weighted by Gasteiger charge is 2.04. The first kappa shape index (κ1) is 10.2. The third kappa shape index (κ3) is 2.36. The van der Waals surface area contributed by atoms with Crippen LogP contribution in [0.2, 0.25) is 0 Å². The summed E-state index contributed by atoms with van der Waals surface area (Å²) in [6.07, 6.45) is 1.28. The lowest BCUT2D eigenvalue weighted by Crippen LogP contribution is -2.02. The van der Waals surface area contributed by atoms with Crippen LogP contribution in [-0.4, -0.2) is 21.2 Å². The van der Waals surface area contributed by atoms with Crippen LogP contribution in [-0.2, 0) is 6.42 Å². The molecule has 0 saturated heterocycles. The summed E-state index contributed by atoms with van der Waals surface area (Å²) in [7, 11) is 0. The van der Waals surface area contributed by atoms with E-state index >= 15 is 0 Å². The molecule has 0 aliphatic carbocycles. The maximum atomic E-state index is 9.19. The molecule has 3 heteroatoms. The molecule has 0 spiro atoms. The summed E-state index contributed by atoms with van der Waals surface area (Å²) in [5.41, 5.74) is 3.31. The predicted octanol–water partition coefficient (Wildman–Crippen LogP) is 2.18. The third-order valence-electron chi connectivity index (χ3n) is 2.49. The van der Waals surface area contributed by atoms with Crippen molar-refractivity contribution < 1.29 is 5.11 Å². The Morgan fingerprint density at radius 1 is 1.47 bits per heavy atom. The summed E-state index contributed by atoms with van der Waals surface area (Å²) in [4.78, 5) is 7.73. The summed E-state index contributed by atoms with van der Waals surface area (Å²) in [6, 6.07) is 6.17. The van der Waals surface area contributed by atoms with E-state index in [1.165, 1.54) is 5.56 Å². The molecule has 15 heavy (non-hydrogen) atoms. The van der Waals surface area contributed by atoms with Gasteiger partial charge in [-0.05, 0) is 38.0 Å². The van der Waals surface area contributed by atoms with Gasteiger partial charge in [0.15, 0.2) is 0 Å². The van der Waals surface area contributed by atoms with Gasteiger partial charge < -0.3 is 10.1 Å². The highest BCUT2D eigenvalue weighted by atomic mass is 16.3. The fourth-order valence-corrected chi connectivity index (χ4v) is 1.64. The third-order valence-corrected chi connectivity index (χ3v) is 2.49. The van der Waals surface area contributed by atoms with Crippen molar-refractivity contribution in [1.29, 1.82) is 0 Å². The number of imidazole rings is 1. The van der Waals surface area contributed by atoms with Gasteiger partial charge in [-0.2, -0.15) is 0 Å². The number of aromatic amines is 1. The van der Waals surface area contributed by atoms with Crippen LogP contribution in [0.4, 0.5) is 0 Å². The molecule has 0 aliphatic rings. The van der Waals surface area contributed by atoms with Crippen LogP contribution in [0, 0.1) is 6.92 Å². The van der Waals surface area contributed by atoms with Crippen LogP contribution >= 0.6 is 0 Å². The molecule has 3 nitrogen and oxygen atoms in total. The number of benzene rings is 1. The molecule has 0 radical (unpaired) electrons. The van der Waals surface area contributed by atoms with Gasteiger partial charge in [0.2, 0.25) is 0 Å². The normalized spacial score (nSPS) is 13.3. The smallest absolute Gasteiger partial charge is 0.107 e. The zero-order valence-electron chi connectivity index (χ0n) is 9.12. The molecule has 1 aromatic carbocycles. The van der Waals surface area contributed by atoms with E-state index in [1.54, 1.807) is 6.92 Å². The number of hydrogen-bond donors (Lipinski definition) is 2. The van der Waals surface area contributed by atoms with E-state index in [1.807, 2.05) is 6.07 Å². The second kappa shape index (κ2) is 4.03. The summed E-state index contributed by atoms with van der Waals surface area (Å²) in [6.45, 7) is 3.86. The molecular weight excluding hydrogens is 188 g/mol. The van der Waals surface area contributed by atoms with Crippen molar-refractivity contribution in [2.75, 3.05) is 0 Å². The highest BCUT2D eigenvalue weighted by Crippen LogP contribution is 2.14. The number of nitrogens with zero attached hydrogens (tertiary/aromatic N) is 1. The number of aryl methyl sites for hydroxylation is 2. The van der Waals surface area contributed by atoms with E-state index in [9.17, 15) is 5.11 Å². The van der Waals surface area contributed by atoms with E-state index in [4.69, 9.17) is 0 Å². The maximum Gasteiger partial charge on any atom is 0.107 e. The number of aliphatic hydroxyl groups excluding tert-OH is 1. The van der Waals surface area contributed by atoms with Crippen LogP contribution in [0.1, 0.15) is 24.7 Å². The second-order valence-corrected chi connectivity index (χ2v) is 4.09. The Hall–Kier alpha value is -1.35. The summed E-state index contributed by atoms with van der Waals surface area (Å²) < 4.78 is 0. The van der Waals surface area contributed by atoms with Gasteiger partial charge in [-0.1, -0.05) is 6.07 Å². The molecule has 0 aliphatic heterocycles. The summed E-state index contributed by atoms with van der Waals surface area (Å²) in [5.74, 6) is 0.955. The van der Waals surface area contributed by atoms with Crippen LogP contribution in [0.3, 0.4) is 0 Å². The van der Waals surface area contributed by atoms with Gasteiger partial charge in [-0.15, -0.1) is 0 Å². The minimum atomic E-state index is -0.264. The van der Waals surface area contributed by atoms with Gasteiger partial charge >= 0.3 is 0 Å². The average Bonchev–Trinajstić information content (AvgIpc) is 2.56. The van der Waals surface area contributed by atoms with Gasteiger partial charge in [0.25, 0.3) is 0 Å². The zero-order chi connectivity index (χ0) is 10.8. The van der Waals surface area contributed by atoms with E-state index in [0.29, 0.717) is 0 Å². The lowest BCUT2D eigenvalue weighted by atomic mass is 10.2. The molecule has 0 bridgehead atoms.